The number of benzene rings is 1. The second-order valence-electron chi connectivity index (χ2n) is 4.63. The van der Waals surface area contributed by atoms with E-state index in [9.17, 15) is 14.3 Å². The Morgan fingerprint density at radius 3 is 2.67 bits per heavy atom. The average Bonchev–Trinajstić information content (AvgIpc) is 2.77. The van der Waals surface area contributed by atoms with Gasteiger partial charge in [-0.1, -0.05) is 28.8 Å². The molecule has 1 N–H and O–H groups in total. The lowest BCUT2D eigenvalue weighted by Crippen LogP contribution is -2.21. The monoisotopic (exact) mass is 313 g/mol. The van der Waals surface area contributed by atoms with Crippen LogP contribution in [-0.4, -0.2) is 11.2 Å². The molecule has 2 rings (SSSR count). The van der Waals surface area contributed by atoms with Gasteiger partial charge in [0.15, 0.2) is 11.6 Å². The number of halogens is 2. The number of aliphatic imine (C=N–C) groups is 1. The zero-order valence-electron chi connectivity index (χ0n) is 9.96. The Balaban J connectivity index is 2.72. The second-order valence-corrected chi connectivity index (χ2v) is 5.48. The van der Waals surface area contributed by atoms with E-state index in [1.165, 1.54) is 6.07 Å². The Kier molecular flexibility index (Phi) is 3.55. The lowest BCUT2D eigenvalue weighted by molar-refractivity contribution is 0.383. The zero-order valence-corrected chi connectivity index (χ0v) is 11.6. The first-order valence-electron chi connectivity index (χ1n) is 5.79. The number of hydrogen-bond donors (Lipinski definition) is 1. The predicted molar refractivity (Wildman–Crippen MR) is 68.8 cm³/mol. The summed E-state index contributed by atoms with van der Waals surface area (Å²) in [6.07, 6.45) is 4.63. The number of rotatable bonds is 2. The van der Waals surface area contributed by atoms with Crippen LogP contribution < -0.4 is 0 Å². The van der Waals surface area contributed by atoms with Crippen molar-refractivity contribution < 1.29 is 14.3 Å². The number of phenolic OH excluding ortho intramolecular Hbond substituents is 1. The molecule has 0 saturated heterocycles. The fourth-order valence-electron chi connectivity index (χ4n) is 2.74. The Morgan fingerprint density at radius 1 is 1.50 bits per heavy atom. The van der Waals surface area contributed by atoms with Crippen molar-refractivity contribution in [3.05, 3.63) is 27.5 Å². The maximum absolute atomic E-state index is 13.7. The largest absolute Gasteiger partial charge is 0.505 e. The van der Waals surface area contributed by atoms with Gasteiger partial charge in [0.25, 0.3) is 0 Å². The van der Waals surface area contributed by atoms with Crippen LogP contribution in [0.2, 0.25) is 0 Å². The van der Waals surface area contributed by atoms with E-state index in [4.69, 9.17) is 0 Å². The van der Waals surface area contributed by atoms with Crippen molar-refractivity contribution >= 4 is 22.0 Å². The Hall–Kier alpha value is -1.19. The first kappa shape index (κ1) is 13.2. The summed E-state index contributed by atoms with van der Waals surface area (Å²) < 4.78 is 14.2. The van der Waals surface area contributed by atoms with Crippen LogP contribution >= 0.6 is 15.9 Å². The quantitative estimate of drug-likeness (QED) is 0.668. The molecule has 0 amide bonds. The average molecular weight is 314 g/mol. The van der Waals surface area contributed by atoms with E-state index >= 15 is 0 Å². The molecule has 0 spiro atoms. The van der Waals surface area contributed by atoms with Gasteiger partial charge in [0.1, 0.15) is 5.54 Å². The van der Waals surface area contributed by atoms with Crippen LogP contribution in [0.15, 0.2) is 15.5 Å². The van der Waals surface area contributed by atoms with E-state index in [1.54, 1.807) is 13.0 Å². The number of nitrogens with zero attached hydrogens (tertiary/aromatic N) is 1. The molecule has 0 aliphatic heterocycles. The van der Waals surface area contributed by atoms with Gasteiger partial charge in [-0.3, -0.25) is 0 Å². The minimum atomic E-state index is -0.819. The van der Waals surface area contributed by atoms with E-state index in [0.29, 0.717) is 22.9 Å². The third-order valence-corrected chi connectivity index (χ3v) is 4.43. The van der Waals surface area contributed by atoms with Crippen molar-refractivity contribution in [2.45, 2.75) is 38.1 Å². The first-order valence-corrected chi connectivity index (χ1v) is 6.58. The minimum Gasteiger partial charge on any atom is -0.505 e. The first-order chi connectivity index (χ1) is 8.52. The van der Waals surface area contributed by atoms with Crippen LogP contribution in [0.1, 0.15) is 36.8 Å². The summed E-state index contributed by atoms with van der Waals surface area (Å²) in [5.41, 5.74) is 0.311. The van der Waals surface area contributed by atoms with Gasteiger partial charge in [-0.05, 0) is 31.4 Å². The van der Waals surface area contributed by atoms with Gasteiger partial charge >= 0.3 is 0 Å². The summed E-state index contributed by atoms with van der Waals surface area (Å²) >= 11 is 3.26. The highest BCUT2D eigenvalue weighted by Crippen LogP contribution is 2.48. The Labute approximate surface area is 113 Å². The van der Waals surface area contributed by atoms with Crippen molar-refractivity contribution in [2.75, 3.05) is 0 Å². The molecule has 1 aliphatic rings. The summed E-state index contributed by atoms with van der Waals surface area (Å²) in [4.78, 5) is 14.5. The summed E-state index contributed by atoms with van der Waals surface area (Å²) in [6, 6.07) is 1.22. The van der Waals surface area contributed by atoms with E-state index in [2.05, 4.69) is 20.9 Å². The molecular weight excluding hydrogens is 301 g/mol. The van der Waals surface area contributed by atoms with Crippen LogP contribution in [0.3, 0.4) is 0 Å². The second kappa shape index (κ2) is 4.82. The van der Waals surface area contributed by atoms with Gasteiger partial charge in [0.05, 0.1) is 0 Å². The van der Waals surface area contributed by atoms with E-state index in [1.807, 2.05) is 0 Å². The molecule has 96 valence electrons. The summed E-state index contributed by atoms with van der Waals surface area (Å²) in [5, 5.41) is 9.97. The fourth-order valence-corrected chi connectivity index (χ4v) is 3.14. The number of hydrogen-bond acceptors (Lipinski definition) is 3. The van der Waals surface area contributed by atoms with Gasteiger partial charge in [0.2, 0.25) is 6.08 Å². The number of isocyanates is 1. The molecule has 1 aliphatic carbocycles. The molecule has 1 aromatic carbocycles. The Morgan fingerprint density at radius 2 is 2.11 bits per heavy atom. The molecule has 5 heteroatoms. The third-order valence-electron chi connectivity index (χ3n) is 3.61. The molecule has 1 saturated carbocycles. The van der Waals surface area contributed by atoms with Crippen LogP contribution in [0.5, 0.6) is 5.75 Å². The van der Waals surface area contributed by atoms with Crippen LogP contribution in [0.4, 0.5) is 4.39 Å². The molecule has 18 heavy (non-hydrogen) atoms. The van der Waals surface area contributed by atoms with E-state index in [0.717, 1.165) is 18.4 Å². The SMILES string of the molecule is Cc1c(Br)cc(F)c(O)c1C1(N=C=O)CCCC1. The molecule has 0 unspecified atom stereocenters. The van der Waals surface area contributed by atoms with Crippen molar-refractivity contribution in [3.63, 3.8) is 0 Å². The molecule has 1 aromatic rings. The van der Waals surface area contributed by atoms with Gasteiger partial charge in [-0.2, -0.15) is 4.99 Å². The van der Waals surface area contributed by atoms with Crippen molar-refractivity contribution in [1.82, 2.24) is 0 Å². The molecule has 0 radical (unpaired) electrons. The number of carbonyl (C=O) groups excluding carboxylic acids is 1. The van der Waals surface area contributed by atoms with Gasteiger partial charge < -0.3 is 5.11 Å². The van der Waals surface area contributed by atoms with Gasteiger partial charge in [-0.25, -0.2) is 9.18 Å². The summed E-state index contributed by atoms with van der Waals surface area (Å²) in [5.74, 6) is -1.11. The maximum atomic E-state index is 13.7. The molecule has 1 fully saturated rings. The topological polar surface area (TPSA) is 49.7 Å². The molecular formula is C13H13BrFNO2. The zero-order chi connectivity index (χ0) is 13.3. The molecule has 0 bridgehead atoms. The van der Waals surface area contributed by atoms with E-state index in [-0.39, 0.29) is 0 Å². The third kappa shape index (κ3) is 1.98. The molecule has 0 aromatic heterocycles. The van der Waals surface area contributed by atoms with Crippen LogP contribution in [-0.2, 0) is 10.3 Å². The highest BCUT2D eigenvalue weighted by atomic mass is 79.9. The van der Waals surface area contributed by atoms with Crippen molar-refractivity contribution in [1.29, 1.82) is 0 Å². The van der Waals surface area contributed by atoms with Gasteiger partial charge in [0, 0.05) is 10.0 Å². The van der Waals surface area contributed by atoms with E-state index < -0.39 is 17.1 Å². The van der Waals surface area contributed by atoms with Gasteiger partial charge in [-0.15, -0.1) is 0 Å². The minimum absolute atomic E-state index is 0.406. The number of phenols is 1. The van der Waals surface area contributed by atoms with Crippen molar-refractivity contribution in [2.24, 2.45) is 4.99 Å². The smallest absolute Gasteiger partial charge is 0.235 e. The summed E-state index contributed by atoms with van der Waals surface area (Å²) in [7, 11) is 0. The molecule has 0 heterocycles. The standard InChI is InChI=1S/C13H13BrFNO2/c1-8-9(14)6-10(15)12(18)11(8)13(16-7-17)4-2-3-5-13/h6,18H,2-5H2,1H3. The Bertz CT molecular complexity index is 506. The normalized spacial score (nSPS) is 17.5. The fraction of sp³-hybridized carbons (Fsp3) is 0.462. The number of aromatic hydroxyl groups is 1. The highest BCUT2D eigenvalue weighted by molar-refractivity contribution is 9.10. The van der Waals surface area contributed by atoms with Crippen molar-refractivity contribution in [3.8, 4) is 5.75 Å². The molecule has 0 atom stereocenters. The molecule has 3 nitrogen and oxygen atoms in total. The highest BCUT2D eigenvalue weighted by Gasteiger charge is 2.40. The lowest BCUT2D eigenvalue weighted by atomic mass is 9.85. The maximum Gasteiger partial charge on any atom is 0.235 e. The summed E-state index contributed by atoms with van der Waals surface area (Å²) in [6.45, 7) is 1.78. The van der Waals surface area contributed by atoms with Crippen LogP contribution in [0.25, 0.3) is 0 Å². The predicted octanol–water partition coefficient (Wildman–Crippen LogP) is 3.71. The lowest BCUT2D eigenvalue weighted by Gasteiger charge is -2.26. The van der Waals surface area contributed by atoms with Crippen LogP contribution in [0, 0.1) is 12.7 Å².